The van der Waals surface area contributed by atoms with Crippen molar-refractivity contribution >= 4 is 11.8 Å². The fourth-order valence-electron chi connectivity index (χ4n) is 0.976. The van der Waals surface area contributed by atoms with E-state index in [4.69, 9.17) is 9.84 Å². The molecule has 1 aromatic rings. The molecule has 72 valence electrons. The second kappa shape index (κ2) is 6.02. The monoisotopic (exact) mass is 198 g/mol. The van der Waals surface area contributed by atoms with Crippen LogP contribution in [0.2, 0.25) is 0 Å². The van der Waals surface area contributed by atoms with Gasteiger partial charge in [0.1, 0.15) is 0 Å². The summed E-state index contributed by atoms with van der Waals surface area (Å²) >= 11 is 1.74. The lowest BCUT2D eigenvalue weighted by atomic mass is 10.2. The highest BCUT2D eigenvalue weighted by molar-refractivity contribution is 7.99. The molecule has 0 aromatic heterocycles. The normalized spacial score (nSPS) is 10.3. The van der Waals surface area contributed by atoms with Gasteiger partial charge in [-0.2, -0.15) is 0 Å². The van der Waals surface area contributed by atoms with Crippen molar-refractivity contribution in [1.29, 1.82) is 0 Å². The lowest BCUT2D eigenvalue weighted by Gasteiger charge is -2.02. The van der Waals surface area contributed by atoms with Crippen molar-refractivity contribution in [2.45, 2.75) is 11.5 Å². The van der Waals surface area contributed by atoms with Crippen molar-refractivity contribution in [1.82, 2.24) is 0 Å². The van der Waals surface area contributed by atoms with Crippen LogP contribution >= 0.6 is 11.8 Å². The Morgan fingerprint density at radius 1 is 1.46 bits per heavy atom. The molecule has 1 rings (SSSR count). The topological polar surface area (TPSA) is 29.5 Å². The molecule has 1 aromatic carbocycles. The summed E-state index contributed by atoms with van der Waals surface area (Å²) in [6, 6.07) is 7.92. The minimum Gasteiger partial charge on any atom is -0.392 e. The minimum absolute atomic E-state index is 0.110. The number of aliphatic hydroxyl groups excluding tert-OH is 1. The van der Waals surface area contributed by atoms with Gasteiger partial charge in [-0.15, -0.1) is 11.8 Å². The molecule has 0 aliphatic rings. The van der Waals surface area contributed by atoms with Crippen molar-refractivity contribution in [3.63, 3.8) is 0 Å². The summed E-state index contributed by atoms with van der Waals surface area (Å²) < 4.78 is 4.95. The van der Waals surface area contributed by atoms with Crippen LogP contribution in [0.1, 0.15) is 5.56 Å². The number of rotatable bonds is 5. The Balaban J connectivity index is 2.46. The highest BCUT2D eigenvalue weighted by Gasteiger charge is 1.95. The van der Waals surface area contributed by atoms with Crippen molar-refractivity contribution in [3.8, 4) is 0 Å². The number of aliphatic hydroxyl groups is 1. The summed E-state index contributed by atoms with van der Waals surface area (Å²) in [4.78, 5) is 1.18. The van der Waals surface area contributed by atoms with Crippen LogP contribution in [-0.2, 0) is 11.3 Å². The van der Waals surface area contributed by atoms with Gasteiger partial charge >= 0.3 is 0 Å². The molecular formula is C10H14O2S. The number of methoxy groups -OCH3 is 1. The zero-order valence-electron chi connectivity index (χ0n) is 7.69. The molecule has 3 heteroatoms. The van der Waals surface area contributed by atoms with Gasteiger partial charge in [0.05, 0.1) is 13.2 Å². The molecule has 0 aliphatic heterocycles. The molecule has 1 N–H and O–H groups in total. The van der Waals surface area contributed by atoms with Crippen molar-refractivity contribution < 1.29 is 9.84 Å². The highest BCUT2D eigenvalue weighted by Crippen LogP contribution is 2.18. The van der Waals surface area contributed by atoms with E-state index < -0.39 is 0 Å². The van der Waals surface area contributed by atoms with Gasteiger partial charge in [0.15, 0.2) is 0 Å². The van der Waals surface area contributed by atoms with Gasteiger partial charge < -0.3 is 9.84 Å². The van der Waals surface area contributed by atoms with E-state index in [0.29, 0.717) is 0 Å². The molecule has 2 nitrogen and oxygen atoms in total. The summed E-state index contributed by atoms with van der Waals surface area (Å²) in [6.07, 6.45) is 0. The first-order chi connectivity index (χ1) is 6.36. The highest BCUT2D eigenvalue weighted by atomic mass is 32.2. The maximum absolute atomic E-state index is 8.90. The minimum atomic E-state index is 0.110. The molecule has 0 amide bonds. The summed E-state index contributed by atoms with van der Waals surface area (Å²) in [6.45, 7) is 0.868. The van der Waals surface area contributed by atoms with Gasteiger partial charge in [-0.3, -0.25) is 0 Å². The second-order valence-electron chi connectivity index (χ2n) is 2.65. The number of benzene rings is 1. The Morgan fingerprint density at radius 2 is 2.31 bits per heavy atom. The third-order valence-electron chi connectivity index (χ3n) is 1.64. The summed E-state index contributed by atoms with van der Waals surface area (Å²) in [5, 5.41) is 8.90. The van der Waals surface area contributed by atoms with Crippen LogP contribution in [0.3, 0.4) is 0 Å². The van der Waals surface area contributed by atoms with Crippen molar-refractivity contribution in [3.05, 3.63) is 29.8 Å². The van der Waals surface area contributed by atoms with Gasteiger partial charge in [-0.1, -0.05) is 12.1 Å². The maximum atomic E-state index is 8.90. The average Bonchev–Trinajstić information content (AvgIpc) is 2.19. The third kappa shape index (κ3) is 3.81. The van der Waals surface area contributed by atoms with E-state index in [2.05, 4.69) is 0 Å². The predicted octanol–water partition coefficient (Wildman–Crippen LogP) is 1.92. The van der Waals surface area contributed by atoms with Gasteiger partial charge in [-0.25, -0.2) is 0 Å². The molecule has 0 saturated heterocycles. The fourth-order valence-corrected chi connectivity index (χ4v) is 1.87. The van der Waals surface area contributed by atoms with Crippen LogP contribution in [0.5, 0.6) is 0 Å². The first kappa shape index (κ1) is 10.6. The summed E-state index contributed by atoms with van der Waals surface area (Å²) in [5.74, 6) is 0.950. The molecule has 0 atom stereocenters. The quantitative estimate of drug-likeness (QED) is 0.579. The second-order valence-corrected chi connectivity index (χ2v) is 3.82. The predicted molar refractivity (Wildman–Crippen MR) is 55.0 cm³/mol. The van der Waals surface area contributed by atoms with E-state index in [9.17, 15) is 0 Å². The lowest BCUT2D eigenvalue weighted by Crippen LogP contribution is -1.91. The molecule has 0 radical (unpaired) electrons. The molecular weight excluding hydrogens is 184 g/mol. The number of hydrogen-bond donors (Lipinski definition) is 1. The first-order valence-electron chi connectivity index (χ1n) is 4.18. The molecule has 0 saturated carbocycles. The SMILES string of the molecule is COCCSc1cccc(CO)c1. The van der Waals surface area contributed by atoms with E-state index >= 15 is 0 Å². The lowest BCUT2D eigenvalue weighted by molar-refractivity contribution is 0.218. The van der Waals surface area contributed by atoms with Crippen LogP contribution in [0.4, 0.5) is 0 Å². The number of ether oxygens (including phenoxy) is 1. The van der Waals surface area contributed by atoms with E-state index in [1.807, 2.05) is 24.3 Å². The van der Waals surface area contributed by atoms with Crippen LogP contribution < -0.4 is 0 Å². The van der Waals surface area contributed by atoms with Crippen molar-refractivity contribution in [2.24, 2.45) is 0 Å². The van der Waals surface area contributed by atoms with E-state index in [0.717, 1.165) is 17.9 Å². The van der Waals surface area contributed by atoms with Gasteiger partial charge in [0.2, 0.25) is 0 Å². The summed E-state index contributed by atoms with van der Waals surface area (Å²) in [5.41, 5.74) is 0.961. The number of thioether (sulfide) groups is 1. The van der Waals surface area contributed by atoms with Crippen LogP contribution in [0.25, 0.3) is 0 Å². The third-order valence-corrected chi connectivity index (χ3v) is 2.60. The molecule has 13 heavy (non-hydrogen) atoms. The smallest absolute Gasteiger partial charge is 0.0682 e. The average molecular weight is 198 g/mol. The zero-order valence-corrected chi connectivity index (χ0v) is 8.51. The Morgan fingerprint density at radius 3 is 3.00 bits per heavy atom. The maximum Gasteiger partial charge on any atom is 0.0682 e. The number of hydrogen-bond acceptors (Lipinski definition) is 3. The van der Waals surface area contributed by atoms with Crippen LogP contribution in [0, 0.1) is 0 Å². The van der Waals surface area contributed by atoms with Gasteiger partial charge in [-0.05, 0) is 17.7 Å². The molecule has 0 heterocycles. The molecule has 0 aliphatic carbocycles. The Bertz CT molecular complexity index is 250. The first-order valence-corrected chi connectivity index (χ1v) is 5.17. The van der Waals surface area contributed by atoms with E-state index in [1.165, 1.54) is 4.90 Å². The summed E-state index contributed by atoms with van der Waals surface area (Å²) in [7, 11) is 1.70. The standard InChI is InChI=1S/C10H14O2S/c1-12-5-6-13-10-4-2-3-9(7-10)8-11/h2-4,7,11H,5-6,8H2,1H3. The Kier molecular flexibility index (Phi) is 4.90. The van der Waals surface area contributed by atoms with E-state index in [1.54, 1.807) is 18.9 Å². The van der Waals surface area contributed by atoms with Gasteiger partial charge in [0.25, 0.3) is 0 Å². The fraction of sp³-hybridized carbons (Fsp3) is 0.400. The Labute approximate surface area is 82.9 Å². The largest absolute Gasteiger partial charge is 0.392 e. The molecule has 0 unspecified atom stereocenters. The zero-order chi connectivity index (χ0) is 9.52. The molecule has 0 fully saturated rings. The van der Waals surface area contributed by atoms with E-state index in [-0.39, 0.29) is 6.61 Å². The van der Waals surface area contributed by atoms with Crippen LogP contribution in [0.15, 0.2) is 29.2 Å². The Hall–Kier alpha value is -0.510. The molecule has 0 spiro atoms. The van der Waals surface area contributed by atoms with Gasteiger partial charge in [0, 0.05) is 17.8 Å². The van der Waals surface area contributed by atoms with Crippen molar-refractivity contribution in [2.75, 3.05) is 19.5 Å². The molecule has 0 bridgehead atoms. The van der Waals surface area contributed by atoms with Crippen LogP contribution in [-0.4, -0.2) is 24.6 Å².